The average Bonchev–Trinajstić information content (AvgIpc) is 3.26. The number of benzene rings is 1. The number of rotatable bonds is 6. The molecule has 0 fully saturated rings. The summed E-state index contributed by atoms with van der Waals surface area (Å²) in [6.45, 7) is 3.84. The summed E-state index contributed by atoms with van der Waals surface area (Å²) in [7, 11) is 0. The highest BCUT2D eigenvalue weighted by molar-refractivity contribution is 5.93. The SMILES string of the molecule is Cc1nn(C(C)C(=O)Nc2cnn(Cc3c(F)cc(F)c(F)c3F)c2)c(C)c1[N+](=O)[O-]. The number of hydrogen-bond acceptors (Lipinski definition) is 5. The Labute approximate surface area is 172 Å². The Kier molecular flexibility index (Phi) is 5.77. The number of anilines is 1. The summed E-state index contributed by atoms with van der Waals surface area (Å²) in [4.78, 5) is 23.1. The molecule has 1 aromatic carbocycles. The van der Waals surface area contributed by atoms with Gasteiger partial charge in [-0.1, -0.05) is 0 Å². The lowest BCUT2D eigenvalue weighted by atomic mass is 10.2. The number of carbonyl (C=O) groups is 1. The van der Waals surface area contributed by atoms with Gasteiger partial charge in [-0.15, -0.1) is 0 Å². The number of halogens is 4. The summed E-state index contributed by atoms with van der Waals surface area (Å²) in [5.74, 6) is -6.98. The fourth-order valence-electron chi connectivity index (χ4n) is 3.08. The van der Waals surface area contributed by atoms with Crippen LogP contribution in [0.1, 0.15) is 29.9 Å². The van der Waals surface area contributed by atoms with E-state index < -0.39 is 52.2 Å². The molecule has 164 valence electrons. The number of nitrogens with one attached hydrogen (secondary N) is 1. The molecule has 0 spiro atoms. The Morgan fingerprint density at radius 3 is 2.52 bits per heavy atom. The molecule has 0 aliphatic rings. The number of nitro groups is 1. The van der Waals surface area contributed by atoms with Crippen LogP contribution in [0.25, 0.3) is 0 Å². The number of nitrogens with zero attached hydrogens (tertiary/aromatic N) is 5. The van der Waals surface area contributed by atoms with Crippen molar-refractivity contribution in [1.29, 1.82) is 0 Å². The first-order valence-electron chi connectivity index (χ1n) is 8.86. The molecule has 3 aromatic rings. The predicted molar refractivity (Wildman–Crippen MR) is 99.3 cm³/mol. The second-order valence-electron chi connectivity index (χ2n) is 6.76. The van der Waals surface area contributed by atoms with Crippen LogP contribution in [0.2, 0.25) is 0 Å². The normalized spacial score (nSPS) is 12.1. The number of hydrogen-bond donors (Lipinski definition) is 1. The Bertz CT molecular complexity index is 1190. The van der Waals surface area contributed by atoms with Crippen molar-refractivity contribution >= 4 is 17.3 Å². The molecule has 13 heteroatoms. The summed E-state index contributed by atoms with van der Waals surface area (Å²) in [6, 6.07) is -0.688. The van der Waals surface area contributed by atoms with Crippen LogP contribution in [0.15, 0.2) is 18.5 Å². The molecule has 3 rings (SSSR count). The topological polar surface area (TPSA) is 108 Å². The van der Waals surface area contributed by atoms with Crippen molar-refractivity contribution in [2.24, 2.45) is 0 Å². The van der Waals surface area contributed by atoms with Crippen molar-refractivity contribution in [3.8, 4) is 0 Å². The van der Waals surface area contributed by atoms with E-state index in [0.29, 0.717) is 0 Å². The molecule has 1 N–H and O–H groups in total. The predicted octanol–water partition coefficient (Wildman–Crippen LogP) is 3.41. The second kappa shape index (κ2) is 8.16. The fraction of sp³-hybridized carbons (Fsp3) is 0.278. The van der Waals surface area contributed by atoms with Crippen LogP contribution in [0, 0.1) is 47.2 Å². The highest BCUT2D eigenvalue weighted by Crippen LogP contribution is 2.25. The molecule has 1 atom stereocenters. The second-order valence-corrected chi connectivity index (χ2v) is 6.76. The van der Waals surface area contributed by atoms with Crippen LogP contribution in [0.5, 0.6) is 0 Å². The van der Waals surface area contributed by atoms with E-state index in [4.69, 9.17) is 0 Å². The van der Waals surface area contributed by atoms with Crippen LogP contribution >= 0.6 is 0 Å². The standard InChI is InChI=1S/C18H16F4N6O3/c1-8-17(28(30)31)9(2)27(25-8)10(3)18(29)24-11-5-23-26(6-11)7-12-13(19)4-14(20)16(22)15(12)21/h4-6,10H,7H2,1-3H3,(H,24,29). The molecule has 0 aliphatic heterocycles. The van der Waals surface area contributed by atoms with E-state index in [9.17, 15) is 32.5 Å². The van der Waals surface area contributed by atoms with Crippen LogP contribution < -0.4 is 5.32 Å². The van der Waals surface area contributed by atoms with E-state index in [-0.39, 0.29) is 28.8 Å². The van der Waals surface area contributed by atoms with E-state index >= 15 is 0 Å². The van der Waals surface area contributed by atoms with Gasteiger partial charge in [-0.05, 0) is 20.8 Å². The van der Waals surface area contributed by atoms with Gasteiger partial charge in [0.2, 0.25) is 5.91 Å². The largest absolute Gasteiger partial charge is 0.322 e. The van der Waals surface area contributed by atoms with Gasteiger partial charge in [-0.3, -0.25) is 24.3 Å². The lowest BCUT2D eigenvalue weighted by Gasteiger charge is -2.13. The van der Waals surface area contributed by atoms with Gasteiger partial charge >= 0.3 is 5.69 Å². The average molecular weight is 440 g/mol. The number of aryl methyl sites for hydroxylation is 1. The highest BCUT2D eigenvalue weighted by atomic mass is 19.2. The summed E-state index contributed by atoms with van der Waals surface area (Å²) < 4.78 is 56.3. The Balaban J connectivity index is 1.76. The van der Waals surface area contributed by atoms with Crippen molar-refractivity contribution in [3.63, 3.8) is 0 Å². The number of carbonyl (C=O) groups excluding carboxylic acids is 1. The zero-order valence-corrected chi connectivity index (χ0v) is 16.5. The molecule has 0 saturated carbocycles. The third-order valence-electron chi connectivity index (χ3n) is 4.65. The molecular formula is C18H16F4N6O3. The molecule has 0 saturated heterocycles. The zero-order chi connectivity index (χ0) is 23.0. The molecule has 0 aliphatic carbocycles. The third kappa shape index (κ3) is 4.11. The molecule has 2 aromatic heterocycles. The van der Waals surface area contributed by atoms with Gasteiger partial charge in [0.25, 0.3) is 0 Å². The van der Waals surface area contributed by atoms with Crippen LogP contribution in [-0.2, 0) is 11.3 Å². The Hall–Kier alpha value is -3.77. The van der Waals surface area contributed by atoms with E-state index in [1.165, 1.54) is 37.8 Å². The first kappa shape index (κ1) is 21.9. The molecule has 2 heterocycles. The van der Waals surface area contributed by atoms with Crippen LogP contribution in [0.4, 0.5) is 28.9 Å². The molecular weight excluding hydrogens is 424 g/mol. The van der Waals surface area contributed by atoms with Crippen molar-refractivity contribution in [2.75, 3.05) is 5.32 Å². The van der Waals surface area contributed by atoms with Crippen molar-refractivity contribution < 1.29 is 27.3 Å². The Morgan fingerprint density at radius 2 is 1.90 bits per heavy atom. The van der Waals surface area contributed by atoms with Gasteiger partial charge in [0.1, 0.15) is 23.2 Å². The van der Waals surface area contributed by atoms with Crippen molar-refractivity contribution in [2.45, 2.75) is 33.4 Å². The molecule has 31 heavy (non-hydrogen) atoms. The van der Waals surface area contributed by atoms with Crippen molar-refractivity contribution in [1.82, 2.24) is 19.6 Å². The van der Waals surface area contributed by atoms with Gasteiger partial charge in [-0.2, -0.15) is 10.2 Å². The molecule has 0 radical (unpaired) electrons. The first-order valence-corrected chi connectivity index (χ1v) is 8.86. The van der Waals surface area contributed by atoms with E-state index in [2.05, 4.69) is 15.5 Å². The fourth-order valence-corrected chi connectivity index (χ4v) is 3.08. The molecule has 1 amide bonds. The minimum atomic E-state index is -1.80. The summed E-state index contributed by atoms with van der Waals surface area (Å²) in [5, 5.41) is 21.5. The van der Waals surface area contributed by atoms with Crippen LogP contribution in [0.3, 0.4) is 0 Å². The van der Waals surface area contributed by atoms with Gasteiger partial charge < -0.3 is 5.32 Å². The molecule has 9 nitrogen and oxygen atoms in total. The summed E-state index contributed by atoms with van der Waals surface area (Å²) in [5.41, 5.74) is -0.418. The quantitative estimate of drug-likeness (QED) is 0.208. The molecule has 1 unspecified atom stereocenters. The minimum absolute atomic E-state index is 0.149. The van der Waals surface area contributed by atoms with Crippen LogP contribution in [-0.4, -0.2) is 30.4 Å². The summed E-state index contributed by atoms with van der Waals surface area (Å²) >= 11 is 0. The number of amides is 1. The smallest absolute Gasteiger partial charge is 0.312 e. The van der Waals surface area contributed by atoms with Crippen molar-refractivity contribution in [3.05, 3.63) is 68.8 Å². The van der Waals surface area contributed by atoms with Gasteiger partial charge in [0, 0.05) is 17.8 Å². The van der Waals surface area contributed by atoms with E-state index in [0.717, 1.165) is 4.68 Å². The van der Waals surface area contributed by atoms with E-state index in [1.54, 1.807) is 0 Å². The molecule has 0 bridgehead atoms. The third-order valence-corrected chi connectivity index (χ3v) is 4.65. The summed E-state index contributed by atoms with van der Waals surface area (Å²) in [6.07, 6.45) is 2.42. The Morgan fingerprint density at radius 1 is 1.23 bits per heavy atom. The lowest BCUT2D eigenvalue weighted by Crippen LogP contribution is -2.25. The lowest BCUT2D eigenvalue weighted by molar-refractivity contribution is -0.386. The zero-order valence-electron chi connectivity index (χ0n) is 16.5. The number of aromatic nitrogens is 4. The monoisotopic (exact) mass is 440 g/mol. The minimum Gasteiger partial charge on any atom is -0.322 e. The maximum Gasteiger partial charge on any atom is 0.312 e. The maximum atomic E-state index is 13.8. The van der Waals surface area contributed by atoms with E-state index in [1.807, 2.05) is 0 Å². The first-order chi connectivity index (χ1) is 14.5. The highest BCUT2D eigenvalue weighted by Gasteiger charge is 2.27. The maximum absolute atomic E-state index is 13.8. The van der Waals surface area contributed by atoms with Gasteiger partial charge in [-0.25, -0.2) is 17.6 Å². The van der Waals surface area contributed by atoms with Gasteiger partial charge in [0.15, 0.2) is 17.5 Å². The van der Waals surface area contributed by atoms with Gasteiger partial charge in [0.05, 0.1) is 23.4 Å².